The third-order valence-corrected chi connectivity index (χ3v) is 3.96. The van der Waals surface area contributed by atoms with Gasteiger partial charge in [-0.05, 0) is 44.0 Å². The Morgan fingerprint density at radius 2 is 1.76 bits per heavy atom. The van der Waals surface area contributed by atoms with E-state index in [0.717, 1.165) is 19.5 Å². The van der Waals surface area contributed by atoms with Crippen LogP contribution in [0.15, 0.2) is 48.5 Å². The van der Waals surface area contributed by atoms with E-state index in [1.807, 2.05) is 0 Å². The molecule has 0 aliphatic heterocycles. The van der Waals surface area contributed by atoms with Gasteiger partial charge in [0.15, 0.2) is 0 Å². The molecular formula is C19H26N2. The van der Waals surface area contributed by atoms with Crippen LogP contribution in [-0.4, -0.2) is 25.0 Å². The molecule has 2 aromatic rings. The van der Waals surface area contributed by atoms with Gasteiger partial charge in [-0.3, -0.25) is 0 Å². The molecule has 112 valence electrons. The molecule has 2 nitrogen and oxygen atoms in total. The van der Waals surface area contributed by atoms with Crippen LogP contribution in [-0.2, 0) is 6.42 Å². The Balaban J connectivity index is 1.88. The van der Waals surface area contributed by atoms with E-state index in [1.54, 1.807) is 0 Å². The summed E-state index contributed by atoms with van der Waals surface area (Å²) in [6, 6.07) is 17.2. The molecule has 2 rings (SSSR count). The maximum Gasteiger partial charge on any atom is 0.0426 e. The molecule has 2 N–H and O–H groups in total. The number of rotatable bonds is 6. The molecular weight excluding hydrogens is 256 g/mol. The Morgan fingerprint density at radius 3 is 2.43 bits per heavy atom. The van der Waals surface area contributed by atoms with Gasteiger partial charge in [-0.2, -0.15) is 0 Å². The van der Waals surface area contributed by atoms with Gasteiger partial charge in [0.2, 0.25) is 0 Å². The normalized spacial score (nSPS) is 12.6. The zero-order valence-electron chi connectivity index (χ0n) is 13.3. The van der Waals surface area contributed by atoms with Crippen LogP contribution in [0.5, 0.6) is 0 Å². The third-order valence-electron chi connectivity index (χ3n) is 3.96. The highest BCUT2D eigenvalue weighted by Crippen LogP contribution is 2.18. The number of hydrogen-bond acceptors (Lipinski definition) is 2. The van der Waals surface area contributed by atoms with Crippen LogP contribution in [0.4, 0.5) is 0 Å². The van der Waals surface area contributed by atoms with E-state index in [4.69, 9.17) is 5.73 Å². The number of aryl methyl sites for hydroxylation is 2. The lowest BCUT2D eigenvalue weighted by Gasteiger charge is -2.23. The van der Waals surface area contributed by atoms with Crippen LogP contribution >= 0.6 is 0 Å². The predicted octanol–water partition coefficient (Wildman–Crippen LogP) is 3.48. The lowest BCUT2D eigenvalue weighted by Crippen LogP contribution is -2.31. The SMILES string of the molecule is Cc1ccc(C(N)CN(C)CCc2ccccc2)c(C)c1. The molecule has 0 radical (unpaired) electrons. The fourth-order valence-corrected chi connectivity index (χ4v) is 2.73. The maximum absolute atomic E-state index is 6.37. The predicted molar refractivity (Wildman–Crippen MR) is 90.5 cm³/mol. The Bertz CT molecular complexity index is 563. The first kappa shape index (κ1) is 15.7. The molecule has 1 atom stereocenters. The standard InChI is InChI=1S/C19H26N2/c1-15-9-10-18(16(2)13-15)19(20)14-21(3)12-11-17-7-5-4-6-8-17/h4-10,13,19H,11-12,14,20H2,1-3H3. The zero-order valence-corrected chi connectivity index (χ0v) is 13.3. The van der Waals surface area contributed by atoms with Gasteiger partial charge < -0.3 is 10.6 Å². The first-order valence-corrected chi connectivity index (χ1v) is 7.61. The Morgan fingerprint density at radius 1 is 1.05 bits per heavy atom. The van der Waals surface area contributed by atoms with Crippen LogP contribution in [0.3, 0.4) is 0 Å². The number of likely N-dealkylation sites (N-methyl/N-ethyl adjacent to an activating group) is 1. The first-order chi connectivity index (χ1) is 10.1. The van der Waals surface area contributed by atoms with Crippen LogP contribution in [0.1, 0.15) is 28.3 Å². The monoisotopic (exact) mass is 282 g/mol. The molecule has 0 bridgehead atoms. The van der Waals surface area contributed by atoms with Crippen molar-refractivity contribution in [1.29, 1.82) is 0 Å². The Labute approximate surface area is 128 Å². The summed E-state index contributed by atoms with van der Waals surface area (Å²) in [5.41, 5.74) is 11.6. The summed E-state index contributed by atoms with van der Waals surface area (Å²) in [7, 11) is 2.15. The molecule has 21 heavy (non-hydrogen) atoms. The topological polar surface area (TPSA) is 29.3 Å². The van der Waals surface area contributed by atoms with Crippen LogP contribution in [0, 0.1) is 13.8 Å². The molecule has 0 aliphatic rings. The van der Waals surface area contributed by atoms with Crippen LogP contribution in [0.25, 0.3) is 0 Å². The minimum Gasteiger partial charge on any atom is -0.323 e. The lowest BCUT2D eigenvalue weighted by molar-refractivity contribution is 0.316. The highest BCUT2D eigenvalue weighted by atomic mass is 15.1. The summed E-state index contributed by atoms with van der Waals surface area (Å²) in [5, 5.41) is 0. The van der Waals surface area contributed by atoms with Crippen molar-refractivity contribution in [2.45, 2.75) is 26.3 Å². The van der Waals surface area contributed by atoms with Crippen molar-refractivity contribution in [3.05, 3.63) is 70.8 Å². The highest BCUT2D eigenvalue weighted by molar-refractivity contribution is 5.32. The Kier molecular flexibility index (Phi) is 5.54. The fourth-order valence-electron chi connectivity index (χ4n) is 2.73. The van der Waals surface area contributed by atoms with Gasteiger partial charge >= 0.3 is 0 Å². The number of benzene rings is 2. The summed E-state index contributed by atoms with van der Waals surface area (Å²) in [6.07, 6.45) is 1.07. The lowest BCUT2D eigenvalue weighted by atomic mass is 9.99. The molecule has 2 heteroatoms. The third kappa shape index (κ3) is 4.69. The van der Waals surface area contributed by atoms with Crippen molar-refractivity contribution in [3.63, 3.8) is 0 Å². The second kappa shape index (κ2) is 7.39. The zero-order chi connectivity index (χ0) is 15.2. The van der Waals surface area contributed by atoms with Gasteiger partial charge in [0, 0.05) is 19.1 Å². The molecule has 0 fully saturated rings. The van der Waals surface area contributed by atoms with Crippen molar-refractivity contribution in [2.75, 3.05) is 20.1 Å². The summed E-state index contributed by atoms with van der Waals surface area (Å²) in [5.74, 6) is 0. The van der Waals surface area contributed by atoms with Crippen LogP contribution in [0.2, 0.25) is 0 Å². The van der Waals surface area contributed by atoms with Crippen molar-refractivity contribution in [1.82, 2.24) is 4.90 Å². The minimum atomic E-state index is 0.0753. The minimum absolute atomic E-state index is 0.0753. The van der Waals surface area contributed by atoms with Gasteiger partial charge in [0.25, 0.3) is 0 Å². The molecule has 2 aromatic carbocycles. The van der Waals surface area contributed by atoms with Crippen molar-refractivity contribution < 1.29 is 0 Å². The quantitative estimate of drug-likeness (QED) is 0.879. The van der Waals surface area contributed by atoms with Crippen molar-refractivity contribution in [2.24, 2.45) is 5.73 Å². The van der Waals surface area contributed by atoms with E-state index in [-0.39, 0.29) is 6.04 Å². The van der Waals surface area contributed by atoms with Gasteiger partial charge in [0.1, 0.15) is 0 Å². The average Bonchev–Trinajstić information content (AvgIpc) is 2.46. The van der Waals surface area contributed by atoms with E-state index < -0.39 is 0 Å². The number of hydrogen-bond donors (Lipinski definition) is 1. The van der Waals surface area contributed by atoms with E-state index in [0.29, 0.717) is 0 Å². The largest absolute Gasteiger partial charge is 0.323 e. The molecule has 0 spiro atoms. The second-order valence-corrected chi connectivity index (χ2v) is 5.96. The molecule has 0 aliphatic carbocycles. The molecule has 0 saturated carbocycles. The molecule has 0 saturated heterocycles. The average molecular weight is 282 g/mol. The van der Waals surface area contributed by atoms with Gasteiger partial charge in [-0.1, -0.05) is 54.1 Å². The maximum atomic E-state index is 6.37. The highest BCUT2D eigenvalue weighted by Gasteiger charge is 2.11. The second-order valence-electron chi connectivity index (χ2n) is 5.96. The molecule has 0 aromatic heterocycles. The fraction of sp³-hybridized carbons (Fsp3) is 0.368. The summed E-state index contributed by atoms with van der Waals surface area (Å²) in [6.45, 7) is 6.18. The van der Waals surface area contributed by atoms with Crippen LogP contribution < -0.4 is 5.73 Å². The van der Waals surface area contributed by atoms with E-state index in [9.17, 15) is 0 Å². The molecule has 1 unspecified atom stereocenters. The van der Waals surface area contributed by atoms with Gasteiger partial charge in [-0.25, -0.2) is 0 Å². The van der Waals surface area contributed by atoms with Gasteiger partial charge in [-0.15, -0.1) is 0 Å². The van der Waals surface area contributed by atoms with Gasteiger partial charge in [0.05, 0.1) is 0 Å². The van der Waals surface area contributed by atoms with E-state index in [1.165, 1.54) is 22.3 Å². The summed E-state index contributed by atoms with van der Waals surface area (Å²) < 4.78 is 0. The Hall–Kier alpha value is -1.64. The summed E-state index contributed by atoms with van der Waals surface area (Å²) in [4.78, 5) is 2.32. The van der Waals surface area contributed by atoms with E-state index >= 15 is 0 Å². The first-order valence-electron chi connectivity index (χ1n) is 7.61. The van der Waals surface area contributed by atoms with Crippen molar-refractivity contribution in [3.8, 4) is 0 Å². The molecule has 0 amide bonds. The smallest absolute Gasteiger partial charge is 0.0426 e. The summed E-state index contributed by atoms with van der Waals surface area (Å²) >= 11 is 0. The number of nitrogens with zero attached hydrogens (tertiary/aromatic N) is 1. The number of nitrogens with two attached hydrogens (primary N) is 1. The van der Waals surface area contributed by atoms with E-state index in [2.05, 4.69) is 74.3 Å². The molecule has 0 heterocycles. The van der Waals surface area contributed by atoms with Crippen molar-refractivity contribution >= 4 is 0 Å².